The number of thioether (sulfide) groups is 1. The second-order valence-corrected chi connectivity index (χ2v) is 3.45. The number of halogens is 3. The Labute approximate surface area is 73.7 Å². The van der Waals surface area contributed by atoms with E-state index in [0.29, 0.717) is 12.8 Å². The Hall–Kier alpha value is -0.190. The van der Waals surface area contributed by atoms with E-state index < -0.39 is 5.51 Å². The molecule has 0 heterocycles. The van der Waals surface area contributed by atoms with Crippen LogP contribution in [0, 0.1) is 0 Å². The number of hydrogen-bond acceptors (Lipinski definition) is 2. The molecule has 0 unspecified atom stereocenters. The Balaban J connectivity index is 3.28. The maximum atomic E-state index is 11.5. The highest BCUT2D eigenvalue weighted by Gasteiger charge is 2.27. The summed E-state index contributed by atoms with van der Waals surface area (Å²) in [5.74, 6) is 0.00711. The summed E-state index contributed by atoms with van der Waals surface area (Å²) in [6.45, 7) is 1.71. The zero-order valence-electron chi connectivity index (χ0n) is 6.78. The molecule has 0 aliphatic carbocycles. The molecule has 0 aromatic heterocycles. The lowest BCUT2D eigenvalue weighted by molar-refractivity contribution is -0.118. The molecule has 0 N–H and O–H groups in total. The van der Waals surface area contributed by atoms with E-state index in [2.05, 4.69) is 0 Å². The lowest BCUT2D eigenvalue weighted by Gasteiger charge is -2.03. The molecule has 12 heavy (non-hydrogen) atoms. The summed E-state index contributed by atoms with van der Waals surface area (Å²) >= 11 is -0.0662. The highest BCUT2D eigenvalue weighted by atomic mass is 32.2. The van der Waals surface area contributed by atoms with Crippen LogP contribution in [0.5, 0.6) is 0 Å². The first-order chi connectivity index (χ1) is 5.45. The third-order valence-corrected chi connectivity index (χ3v) is 2.08. The smallest absolute Gasteiger partial charge is 0.300 e. The largest absolute Gasteiger partial charge is 0.441 e. The average molecular weight is 200 g/mol. The monoisotopic (exact) mass is 200 g/mol. The van der Waals surface area contributed by atoms with Gasteiger partial charge in [-0.1, -0.05) is 18.7 Å². The molecular weight excluding hydrogens is 189 g/mol. The SMILES string of the molecule is CCC(=O)CCCSC(F)(F)F. The molecule has 0 aromatic carbocycles. The van der Waals surface area contributed by atoms with Crippen molar-refractivity contribution in [2.24, 2.45) is 0 Å². The van der Waals surface area contributed by atoms with Crippen LogP contribution in [0.1, 0.15) is 26.2 Å². The van der Waals surface area contributed by atoms with Crippen LogP contribution in [0.3, 0.4) is 0 Å². The number of Topliss-reactive ketones (excluding diaryl/α,β-unsaturated/α-hetero) is 1. The summed E-state index contributed by atoms with van der Waals surface area (Å²) in [5, 5.41) is 0. The van der Waals surface area contributed by atoms with Crippen molar-refractivity contribution in [3.05, 3.63) is 0 Å². The normalized spacial score (nSPS) is 11.7. The lowest BCUT2D eigenvalue weighted by atomic mass is 10.2. The summed E-state index contributed by atoms with van der Waals surface area (Å²) < 4.78 is 34.6. The van der Waals surface area contributed by atoms with Crippen LogP contribution in [-0.4, -0.2) is 17.0 Å². The predicted molar refractivity (Wildman–Crippen MR) is 43.0 cm³/mol. The van der Waals surface area contributed by atoms with Gasteiger partial charge in [0.05, 0.1) is 0 Å². The molecule has 0 aliphatic heterocycles. The molecule has 0 amide bonds. The molecule has 72 valence electrons. The molecule has 0 saturated carbocycles. The van der Waals surface area contributed by atoms with Crippen molar-refractivity contribution in [3.8, 4) is 0 Å². The van der Waals surface area contributed by atoms with Crippen LogP contribution in [0.4, 0.5) is 13.2 Å². The molecule has 1 nitrogen and oxygen atoms in total. The minimum Gasteiger partial charge on any atom is -0.300 e. The van der Waals surface area contributed by atoms with Crippen LogP contribution in [-0.2, 0) is 4.79 Å². The van der Waals surface area contributed by atoms with Gasteiger partial charge in [-0.05, 0) is 6.42 Å². The zero-order valence-corrected chi connectivity index (χ0v) is 7.60. The first kappa shape index (κ1) is 11.8. The molecule has 0 aliphatic rings. The molecule has 5 heteroatoms. The molecular formula is C7H11F3OS. The Morgan fingerprint density at radius 1 is 1.42 bits per heavy atom. The maximum absolute atomic E-state index is 11.5. The number of carbonyl (C=O) groups excluding carboxylic acids is 1. The van der Waals surface area contributed by atoms with Crippen molar-refractivity contribution in [1.82, 2.24) is 0 Å². The van der Waals surface area contributed by atoms with E-state index in [1.165, 1.54) is 0 Å². The molecule has 0 atom stereocenters. The van der Waals surface area contributed by atoms with Gasteiger partial charge in [-0.3, -0.25) is 4.79 Å². The van der Waals surface area contributed by atoms with E-state index in [1.54, 1.807) is 6.92 Å². The third kappa shape index (κ3) is 7.91. The number of alkyl halides is 3. The summed E-state index contributed by atoms with van der Waals surface area (Å²) in [5.41, 5.74) is -4.16. The van der Waals surface area contributed by atoms with Crippen LogP contribution < -0.4 is 0 Å². The van der Waals surface area contributed by atoms with Crippen LogP contribution in [0.15, 0.2) is 0 Å². The van der Waals surface area contributed by atoms with Crippen molar-refractivity contribution in [3.63, 3.8) is 0 Å². The van der Waals surface area contributed by atoms with Gasteiger partial charge >= 0.3 is 5.51 Å². The number of ketones is 1. The van der Waals surface area contributed by atoms with Gasteiger partial charge in [0.1, 0.15) is 5.78 Å². The van der Waals surface area contributed by atoms with E-state index in [9.17, 15) is 18.0 Å². The highest BCUT2D eigenvalue weighted by Crippen LogP contribution is 2.30. The number of rotatable bonds is 5. The second kappa shape index (κ2) is 5.45. The Bertz CT molecular complexity index is 144. The van der Waals surface area contributed by atoms with Crippen molar-refractivity contribution in [2.75, 3.05) is 5.75 Å². The van der Waals surface area contributed by atoms with Gasteiger partial charge in [0.2, 0.25) is 0 Å². The summed E-state index contributed by atoms with van der Waals surface area (Å²) in [4.78, 5) is 10.6. The van der Waals surface area contributed by atoms with Gasteiger partial charge < -0.3 is 0 Å². The lowest BCUT2D eigenvalue weighted by Crippen LogP contribution is -2.03. The van der Waals surface area contributed by atoms with Crippen LogP contribution in [0.2, 0.25) is 0 Å². The van der Waals surface area contributed by atoms with Crippen molar-refractivity contribution < 1.29 is 18.0 Å². The fourth-order valence-corrected chi connectivity index (χ4v) is 1.15. The second-order valence-electron chi connectivity index (χ2n) is 2.29. The van der Waals surface area contributed by atoms with Gasteiger partial charge in [0.25, 0.3) is 0 Å². The molecule has 0 rings (SSSR count). The van der Waals surface area contributed by atoms with Gasteiger partial charge in [0.15, 0.2) is 0 Å². The minimum atomic E-state index is -4.16. The third-order valence-electron chi connectivity index (χ3n) is 1.26. The van der Waals surface area contributed by atoms with Gasteiger partial charge in [-0.2, -0.15) is 13.2 Å². The first-order valence-corrected chi connectivity index (χ1v) is 4.66. The first-order valence-electron chi connectivity index (χ1n) is 3.68. The summed E-state index contributed by atoms with van der Waals surface area (Å²) in [6, 6.07) is 0. The highest BCUT2D eigenvalue weighted by molar-refractivity contribution is 8.00. The molecule has 0 fully saturated rings. The fraction of sp³-hybridized carbons (Fsp3) is 0.857. The van der Waals surface area contributed by atoms with E-state index in [-0.39, 0.29) is 29.7 Å². The average Bonchev–Trinajstić information content (AvgIpc) is 1.96. The van der Waals surface area contributed by atoms with Crippen LogP contribution in [0.25, 0.3) is 0 Å². The van der Waals surface area contributed by atoms with Crippen molar-refractivity contribution in [2.45, 2.75) is 31.7 Å². The Kier molecular flexibility index (Phi) is 5.37. The van der Waals surface area contributed by atoms with Crippen LogP contribution >= 0.6 is 11.8 Å². The van der Waals surface area contributed by atoms with E-state index >= 15 is 0 Å². The number of hydrogen-bond donors (Lipinski definition) is 0. The molecule has 0 radical (unpaired) electrons. The van der Waals surface area contributed by atoms with Gasteiger partial charge in [-0.15, -0.1) is 0 Å². The summed E-state index contributed by atoms with van der Waals surface area (Å²) in [7, 11) is 0. The molecule has 0 saturated heterocycles. The maximum Gasteiger partial charge on any atom is 0.441 e. The topological polar surface area (TPSA) is 17.1 Å². The van der Waals surface area contributed by atoms with E-state index in [4.69, 9.17) is 0 Å². The standard InChI is InChI=1S/C7H11F3OS/c1-2-6(11)4-3-5-12-7(8,9)10/h2-5H2,1H3. The van der Waals surface area contributed by atoms with Gasteiger partial charge in [0, 0.05) is 18.6 Å². The summed E-state index contributed by atoms with van der Waals surface area (Å²) in [6.07, 6.45) is 0.993. The Morgan fingerprint density at radius 3 is 2.42 bits per heavy atom. The molecule has 0 bridgehead atoms. The van der Waals surface area contributed by atoms with Gasteiger partial charge in [-0.25, -0.2) is 0 Å². The number of carbonyl (C=O) groups is 1. The molecule has 0 spiro atoms. The quantitative estimate of drug-likeness (QED) is 0.634. The minimum absolute atomic E-state index is 0.0186. The van der Waals surface area contributed by atoms with Crippen molar-refractivity contribution in [1.29, 1.82) is 0 Å². The fourth-order valence-electron chi connectivity index (χ4n) is 0.634. The van der Waals surface area contributed by atoms with Crippen molar-refractivity contribution >= 4 is 17.5 Å². The van der Waals surface area contributed by atoms with E-state index in [1.807, 2.05) is 0 Å². The van der Waals surface area contributed by atoms with E-state index in [0.717, 1.165) is 0 Å². The Morgan fingerprint density at radius 2 is 2.00 bits per heavy atom. The predicted octanol–water partition coefficient (Wildman–Crippen LogP) is 3.00. The zero-order chi connectivity index (χ0) is 9.61. The molecule has 0 aromatic rings.